The molecule has 0 fully saturated rings. The van der Waals surface area contributed by atoms with E-state index in [0.29, 0.717) is 0 Å². The molecule has 21 heavy (non-hydrogen) atoms. The first kappa shape index (κ1) is 15.1. The smallest absolute Gasteiger partial charge is 0.200 e. The van der Waals surface area contributed by atoms with Crippen molar-refractivity contribution in [3.05, 3.63) is 52.6 Å². The van der Waals surface area contributed by atoms with E-state index in [1.807, 2.05) is 0 Å². The number of benzene rings is 2. The van der Waals surface area contributed by atoms with Crippen LogP contribution in [-0.4, -0.2) is 0 Å². The minimum Gasteiger partial charge on any atom is -0.396 e. The summed E-state index contributed by atoms with van der Waals surface area (Å²) in [5, 5.41) is 0. The van der Waals surface area contributed by atoms with Crippen LogP contribution in [0.1, 0.15) is 0 Å². The predicted molar refractivity (Wildman–Crippen MR) is 56.0 cm³/mol. The van der Waals surface area contributed by atoms with Crippen LogP contribution in [0.3, 0.4) is 0 Å². The highest BCUT2D eigenvalue weighted by Gasteiger charge is 2.30. The Labute approximate surface area is 111 Å². The molecule has 2 rings (SSSR count). The normalized spacial score (nSPS) is 11.0. The Bertz CT molecular complexity index is 727. The van der Waals surface area contributed by atoms with Gasteiger partial charge in [-0.25, -0.2) is 35.1 Å². The summed E-state index contributed by atoms with van der Waals surface area (Å²) in [6, 6.07) is 0.228. The van der Waals surface area contributed by atoms with Gasteiger partial charge >= 0.3 is 0 Å². The van der Waals surface area contributed by atoms with Crippen molar-refractivity contribution in [1.29, 1.82) is 0 Å². The summed E-state index contributed by atoms with van der Waals surface area (Å²) in [7, 11) is 0. The predicted octanol–water partition coefficient (Wildman–Crippen LogP) is 4.05. The second-order valence-electron chi connectivity index (χ2n) is 3.90. The van der Waals surface area contributed by atoms with E-state index in [9.17, 15) is 35.1 Å². The summed E-state index contributed by atoms with van der Waals surface area (Å²) < 4.78 is 105. The zero-order valence-electron chi connectivity index (χ0n) is 9.68. The van der Waals surface area contributed by atoms with Crippen LogP contribution >= 0.6 is 0 Å². The van der Waals surface area contributed by atoms with Crippen LogP contribution in [0.2, 0.25) is 0 Å². The number of rotatable bonds is 1. The molecule has 0 aliphatic rings. The van der Waals surface area contributed by atoms with Gasteiger partial charge in [0, 0.05) is 5.56 Å². The minimum absolute atomic E-state index is 0.228. The van der Waals surface area contributed by atoms with E-state index < -0.39 is 63.4 Å². The highest BCUT2D eigenvalue weighted by Crippen LogP contribution is 2.35. The average Bonchev–Trinajstić information content (AvgIpc) is 2.46. The van der Waals surface area contributed by atoms with Crippen molar-refractivity contribution in [3.63, 3.8) is 0 Å². The van der Waals surface area contributed by atoms with Gasteiger partial charge in [0.25, 0.3) is 0 Å². The molecule has 1 nitrogen and oxygen atoms in total. The molecule has 0 spiro atoms. The standard InChI is InChI=1S/C12H3F8N/c13-5-2(1-3(21)6(14)9(5)17)4-7(15)10(18)12(20)11(19)8(4)16/h1H,21H2. The van der Waals surface area contributed by atoms with Gasteiger partial charge < -0.3 is 5.73 Å². The molecule has 2 N–H and O–H groups in total. The molecule has 0 aliphatic carbocycles. The fourth-order valence-electron chi connectivity index (χ4n) is 1.65. The molecular weight excluding hydrogens is 310 g/mol. The van der Waals surface area contributed by atoms with Gasteiger partial charge in [-0.2, -0.15) is 0 Å². The largest absolute Gasteiger partial charge is 0.396 e. The monoisotopic (exact) mass is 313 g/mol. The molecule has 0 radical (unpaired) electrons. The van der Waals surface area contributed by atoms with Gasteiger partial charge in [-0.05, 0) is 6.07 Å². The van der Waals surface area contributed by atoms with Crippen LogP contribution in [0, 0.1) is 46.5 Å². The molecular formula is C12H3F8N. The van der Waals surface area contributed by atoms with E-state index in [1.54, 1.807) is 0 Å². The van der Waals surface area contributed by atoms with Gasteiger partial charge in [-0.15, -0.1) is 0 Å². The number of halogens is 8. The van der Waals surface area contributed by atoms with Crippen molar-refractivity contribution in [2.45, 2.75) is 0 Å². The lowest BCUT2D eigenvalue weighted by molar-refractivity contribution is 0.380. The fraction of sp³-hybridized carbons (Fsp3) is 0. The Morgan fingerprint density at radius 1 is 0.524 bits per heavy atom. The lowest BCUT2D eigenvalue weighted by atomic mass is 10.0. The van der Waals surface area contributed by atoms with Gasteiger partial charge in [0.2, 0.25) is 5.82 Å². The summed E-state index contributed by atoms with van der Waals surface area (Å²) >= 11 is 0. The molecule has 0 amide bonds. The highest BCUT2D eigenvalue weighted by atomic mass is 19.2. The molecule has 0 aliphatic heterocycles. The number of nitrogen functional groups attached to an aromatic ring is 1. The maximum absolute atomic E-state index is 13.5. The van der Waals surface area contributed by atoms with Crippen molar-refractivity contribution >= 4 is 5.69 Å². The van der Waals surface area contributed by atoms with Gasteiger partial charge in [0.15, 0.2) is 40.7 Å². The summed E-state index contributed by atoms with van der Waals surface area (Å²) in [5.41, 5.74) is 0.753. The van der Waals surface area contributed by atoms with Gasteiger partial charge in [0.1, 0.15) is 0 Å². The van der Waals surface area contributed by atoms with E-state index in [1.165, 1.54) is 0 Å². The lowest BCUT2D eigenvalue weighted by Crippen LogP contribution is -2.07. The van der Waals surface area contributed by atoms with Crippen LogP contribution in [0.4, 0.5) is 40.8 Å². The zero-order valence-corrected chi connectivity index (χ0v) is 9.68. The maximum Gasteiger partial charge on any atom is 0.200 e. The molecule has 2 aromatic carbocycles. The van der Waals surface area contributed by atoms with Crippen molar-refractivity contribution in [3.8, 4) is 11.1 Å². The third-order valence-electron chi connectivity index (χ3n) is 2.65. The molecule has 2 aromatic rings. The Kier molecular flexibility index (Phi) is 3.52. The van der Waals surface area contributed by atoms with Crippen LogP contribution < -0.4 is 5.73 Å². The van der Waals surface area contributed by atoms with Crippen LogP contribution in [0.5, 0.6) is 0 Å². The van der Waals surface area contributed by atoms with Crippen LogP contribution in [0.15, 0.2) is 6.07 Å². The number of anilines is 1. The summed E-state index contributed by atoms with van der Waals surface area (Å²) in [5.74, 6) is -18.1. The minimum atomic E-state index is -2.47. The molecule has 0 atom stereocenters. The average molecular weight is 313 g/mol. The first-order valence-electron chi connectivity index (χ1n) is 5.13. The van der Waals surface area contributed by atoms with Crippen LogP contribution in [-0.2, 0) is 0 Å². The Morgan fingerprint density at radius 2 is 0.905 bits per heavy atom. The van der Waals surface area contributed by atoms with Gasteiger partial charge in [-0.3, -0.25) is 0 Å². The van der Waals surface area contributed by atoms with E-state index in [4.69, 9.17) is 5.73 Å². The van der Waals surface area contributed by atoms with Crippen LogP contribution in [0.25, 0.3) is 11.1 Å². The summed E-state index contributed by atoms with van der Waals surface area (Å²) in [4.78, 5) is 0. The molecule has 0 bridgehead atoms. The van der Waals surface area contributed by atoms with Gasteiger partial charge in [0.05, 0.1) is 11.3 Å². The van der Waals surface area contributed by atoms with Crippen molar-refractivity contribution in [1.82, 2.24) is 0 Å². The third kappa shape index (κ3) is 2.08. The van der Waals surface area contributed by atoms with Crippen molar-refractivity contribution < 1.29 is 35.1 Å². The van der Waals surface area contributed by atoms with Crippen molar-refractivity contribution in [2.75, 3.05) is 5.73 Å². The van der Waals surface area contributed by atoms with E-state index in [2.05, 4.69) is 0 Å². The number of nitrogens with two attached hydrogens (primary N) is 1. The molecule has 0 unspecified atom stereocenters. The Morgan fingerprint density at radius 3 is 1.38 bits per heavy atom. The van der Waals surface area contributed by atoms with Crippen molar-refractivity contribution in [2.24, 2.45) is 0 Å². The molecule has 112 valence electrons. The fourth-order valence-corrected chi connectivity index (χ4v) is 1.65. The van der Waals surface area contributed by atoms with E-state index >= 15 is 0 Å². The summed E-state index contributed by atoms with van der Waals surface area (Å²) in [6.07, 6.45) is 0. The maximum atomic E-state index is 13.5. The molecule has 0 heterocycles. The first-order chi connectivity index (χ1) is 9.68. The molecule has 0 aromatic heterocycles. The third-order valence-corrected chi connectivity index (χ3v) is 2.65. The zero-order chi connectivity index (χ0) is 16.1. The first-order valence-corrected chi connectivity index (χ1v) is 5.13. The lowest BCUT2D eigenvalue weighted by Gasteiger charge is -2.11. The highest BCUT2D eigenvalue weighted by molar-refractivity contribution is 5.70. The van der Waals surface area contributed by atoms with E-state index in [0.717, 1.165) is 0 Å². The summed E-state index contributed by atoms with van der Waals surface area (Å²) in [6.45, 7) is 0. The molecule has 0 saturated heterocycles. The SMILES string of the molecule is Nc1cc(-c2c(F)c(F)c(F)c(F)c2F)c(F)c(F)c1F. The Hall–Kier alpha value is -2.32. The topological polar surface area (TPSA) is 26.0 Å². The second kappa shape index (κ2) is 4.90. The number of hydrogen-bond donors (Lipinski definition) is 1. The Balaban J connectivity index is 2.93. The quantitative estimate of drug-likeness (QED) is 0.365. The molecule has 9 heteroatoms. The molecule has 0 saturated carbocycles. The van der Waals surface area contributed by atoms with E-state index in [-0.39, 0.29) is 6.07 Å². The van der Waals surface area contributed by atoms with Gasteiger partial charge in [-0.1, -0.05) is 0 Å². The number of hydrogen-bond acceptors (Lipinski definition) is 1. The second-order valence-corrected chi connectivity index (χ2v) is 3.90.